The highest BCUT2D eigenvalue weighted by molar-refractivity contribution is 5.77. The molecule has 1 aromatic carbocycles. The van der Waals surface area contributed by atoms with E-state index in [0.717, 1.165) is 16.6 Å². The standard InChI is InChI=1S/C14H19FN4O/c1-3-10(19-14(20)16-7-6-15)13-17-11-5-4-9(2)8-12(11)18-13/h4-5,8,10H,3,6-7H2,1-2H3,(H,17,18)(H2,16,19,20). The Balaban J connectivity index is 2.14. The van der Waals surface area contributed by atoms with Crippen LogP contribution in [-0.2, 0) is 0 Å². The number of fused-ring (bicyclic) bond motifs is 1. The molecule has 0 radical (unpaired) electrons. The van der Waals surface area contributed by atoms with Gasteiger partial charge in [0.15, 0.2) is 0 Å². The van der Waals surface area contributed by atoms with Crippen LogP contribution in [0.3, 0.4) is 0 Å². The number of halogens is 1. The summed E-state index contributed by atoms with van der Waals surface area (Å²) in [5, 5.41) is 5.23. The number of imidazole rings is 1. The molecule has 0 saturated heterocycles. The first-order chi connectivity index (χ1) is 9.63. The summed E-state index contributed by atoms with van der Waals surface area (Å²) in [6.45, 7) is 3.41. The van der Waals surface area contributed by atoms with Crippen LogP contribution in [0.5, 0.6) is 0 Å². The third kappa shape index (κ3) is 3.26. The molecule has 0 aliphatic heterocycles. The highest BCUT2D eigenvalue weighted by Gasteiger charge is 2.16. The summed E-state index contributed by atoms with van der Waals surface area (Å²) < 4.78 is 12.0. The van der Waals surface area contributed by atoms with Crippen LogP contribution >= 0.6 is 0 Å². The number of hydrogen-bond donors (Lipinski definition) is 3. The first-order valence-electron chi connectivity index (χ1n) is 6.70. The van der Waals surface area contributed by atoms with E-state index in [1.165, 1.54) is 0 Å². The Hall–Kier alpha value is -2.11. The number of nitrogens with zero attached hydrogens (tertiary/aromatic N) is 1. The van der Waals surface area contributed by atoms with Crippen molar-refractivity contribution in [3.63, 3.8) is 0 Å². The Kier molecular flexibility index (Phi) is 4.55. The molecular formula is C14H19FN4O. The average Bonchev–Trinajstić information content (AvgIpc) is 2.85. The summed E-state index contributed by atoms with van der Waals surface area (Å²) in [6, 6.07) is 5.35. The Bertz CT molecular complexity index is 596. The van der Waals surface area contributed by atoms with Crippen molar-refractivity contribution < 1.29 is 9.18 Å². The van der Waals surface area contributed by atoms with Crippen molar-refractivity contribution in [1.82, 2.24) is 20.6 Å². The van der Waals surface area contributed by atoms with E-state index < -0.39 is 6.67 Å². The van der Waals surface area contributed by atoms with Gasteiger partial charge in [0, 0.05) is 6.54 Å². The lowest BCUT2D eigenvalue weighted by Crippen LogP contribution is -2.39. The summed E-state index contributed by atoms with van der Waals surface area (Å²) in [4.78, 5) is 19.3. The zero-order chi connectivity index (χ0) is 14.5. The van der Waals surface area contributed by atoms with Gasteiger partial charge in [0.25, 0.3) is 0 Å². The van der Waals surface area contributed by atoms with Crippen LogP contribution in [0.1, 0.15) is 30.8 Å². The fraction of sp³-hybridized carbons (Fsp3) is 0.429. The molecule has 2 aromatic rings. The molecule has 0 aliphatic carbocycles. The molecule has 1 atom stereocenters. The second-order valence-electron chi connectivity index (χ2n) is 4.69. The van der Waals surface area contributed by atoms with Crippen LogP contribution < -0.4 is 10.6 Å². The molecule has 1 heterocycles. The summed E-state index contributed by atoms with van der Waals surface area (Å²) in [5.74, 6) is 0.712. The van der Waals surface area contributed by atoms with Crippen molar-refractivity contribution in [3.05, 3.63) is 29.6 Å². The van der Waals surface area contributed by atoms with E-state index in [4.69, 9.17) is 0 Å². The lowest BCUT2D eigenvalue weighted by atomic mass is 10.2. The van der Waals surface area contributed by atoms with Crippen molar-refractivity contribution in [2.24, 2.45) is 0 Å². The van der Waals surface area contributed by atoms with E-state index in [-0.39, 0.29) is 18.6 Å². The SMILES string of the molecule is CCC(NC(=O)NCCF)c1nc2ccc(C)cc2[nH]1. The highest BCUT2D eigenvalue weighted by atomic mass is 19.1. The number of rotatable bonds is 5. The van der Waals surface area contributed by atoms with Crippen molar-refractivity contribution in [3.8, 4) is 0 Å². The van der Waals surface area contributed by atoms with Crippen LogP contribution in [-0.4, -0.2) is 29.2 Å². The smallest absolute Gasteiger partial charge is 0.315 e. The van der Waals surface area contributed by atoms with Crippen LogP contribution in [0.2, 0.25) is 0 Å². The number of H-pyrrole nitrogens is 1. The van der Waals surface area contributed by atoms with Gasteiger partial charge in [0.2, 0.25) is 0 Å². The quantitative estimate of drug-likeness (QED) is 0.786. The second-order valence-corrected chi connectivity index (χ2v) is 4.69. The highest BCUT2D eigenvalue weighted by Crippen LogP contribution is 2.19. The molecule has 1 unspecified atom stereocenters. The lowest BCUT2D eigenvalue weighted by molar-refractivity contribution is 0.235. The minimum Gasteiger partial charge on any atom is -0.340 e. The molecule has 0 saturated carbocycles. The molecule has 6 heteroatoms. The number of urea groups is 1. The van der Waals surface area contributed by atoms with Crippen LogP contribution in [0.25, 0.3) is 11.0 Å². The van der Waals surface area contributed by atoms with E-state index in [2.05, 4.69) is 20.6 Å². The first-order valence-corrected chi connectivity index (χ1v) is 6.70. The zero-order valence-corrected chi connectivity index (χ0v) is 11.7. The Labute approximate surface area is 117 Å². The van der Waals surface area contributed by atoms with E-state index in [9.17, 15) is 9.18 Å². The third-order valence-electron chi connectivity index (χ3n) is 3.08. The van der Waals surface area contributed by atoms with Crippen molar-refractivity contribution in [2.75, 3.05) is 13.2 Å². The van der Waals surface area contributed by atoms with Crippen LogP contribution in [0.15, 0.2) is 18.2 Å². The predicted molar refractivity (Wildman–Crippen MR) is 76.4 cm³/mol. The molecule has 1 aromatic heterocycles. The topological polar surface area (TPSA) is 69.8 Å². The second kappa shape index (κ2) is 6.36. The molecule has 2 rings (SSSR count). The van der Waals surface area contributed by atoms with E-state index in [0.29, 0.717) is 12.2 Å². The van der Waals surface area contributed by atoms with Crippen LogP contribution in [0.4, 0.5) is 9.18 Å². The number of carbonyl (C=O) groups is 1. The minimum atomic E-state index is -0.575. The maximum atomic E-state index is 12.0. The maximum absolute atomic E-state index is 12.0. The Morgan fingerprint density at radius 1 is 1.50 bits per heavy atom. The average molecular weight is 278 g/mol. The van der Waals surface area contributed by atoms with Gasteiger partial charge in [-0.25, -0.2) is 14.2 Å². The molecule has 5 nitrogen and oxygen atoms in total. The van der Waals surface area contributed by atoms with E-state index in [1.54, 1.807) is 0 Å². The third-order valence-corrected chi connectivity index (χ3v) is 3.08. The summed E-state index contributed by atoms with van der Waals surface area (Å²) in [6.07, 6.45) is 0.696. The summed E-state index contributed by atoms with van der Waals surface area (Å²) in [7, 11) is 0. The molecule has 2 amide bonds. The molecule has 20 heavy (non-hydrogen) atoms. The molecule has 0 spiro atoms. The summed E-state index contributed by atoms with van der Waals surface area (Å²) in [5.41, 5.74) is 2.97. The monoisotopic (exact) mass is 278 g/mol. The number of alkyl halides is 1. The van der Waals surface area contributed by atoms with Gasteiger partial charge in [-0.3, -0.25) is 0 Å². The van der Waals surface area contributed by atoms with Crippen molar-refractivity contribution >= 4 is 17.1 Å². The molecular weight excluding hydrogens is 259 g/mol. The number of aromatic nitrogens is 2. The molecule has 3 N–H and O–H groups in total. The Morgan fingerprint density at radius 2 is 2.30 bits per heavy atom. The van der Waals surface area contributed by atoms with E-state index >= 15 is 0 Å². The fourth-order valence-corrected chi connectivity index (χ4v) is 2.04. The van der Waals surface area contributed by atoms with Crippen LogP contribution in [0, 0.1) is 6.92 Å². The predicted octanol–water partition coefficient (Wildman–Crippen LogP) is 2.59. The van der Waals surface area contributed by atoms with Gasteiger partial charge in [-0.05, 0) is 31.0 Å². The van der Waals surface area contributed by atoms with Gasteiger partial charge in [0.1, 0.15) is 12.5 Å². The number of hydrogen-bond acceptors (Lipinski definition) is 2. The first kappa shape index (κ1) is 14.3. The van der Waals surface area contributed by atoms with Crippen molar-refractivity contribution in [1.29, 1.82) is 0 Å². The minimum absolute atomic E-state index is 0.0155. The van der Waals surface area contributed by atoms with Gasteiger partial charge >= 0.3 is 6.03 Å². The molecule has 108 valence electrons. The van der Waals surface area contributed by atoms with Gasteiger partial charge in [-0.1, -0.05) is 13.0 Å². The maximum Gasteiger partial charge on any atom is 0.315 e. The number of carbonyl (C=O) groups excluding carboxylic acids is 1. The van der Waals surface area contributed by atoms with Gasteiger partial charge in [0.05, 0.1) is 17.1 Å². The molecule has 0 aliphatic rings. The fourth-order valence-electron chi connectivity index (χ4n) is 2.04. The van der Waals surface area contributed by atoms with Gasteiger partial charge in [-0.15, -0.1) is 0 Å². The number of aryl methyl sites for hydroxylation is 1. The number of benzene rings is 1. The number of amides is 2. The normalized spacial score (nSPS) is 12.3. The zero-order valence-electron chi connectivity index (χ0n) is 11.7. The molecule has 0 fully saturated rings. The number of aromatic amines is 1. The largest absolute Gasteiger partial charge is 0.340 e. The lowest BCUT2D eigenvalue weighted by Gasteiger charge is -2.14. The van der Waals surface area contributed by atoms with E-state index in [1.807, 2.05) is 32.0 Å². The summed E-state index contributed by atoms with van der Waals surface area (Å²) >= 11 is 0. The Morgan fingerprint density at radius 3 is 3.00 bits per heavy atom. The van der Waals surface area contributed by atoms with Gasteiger partial charge < -0.3 is 15.6 Å². The molecule has 0 bridgehead atoms. The van der Waals surface area contributed by atoms with Gasteiger partial charge in [-0.2, -0.15) is 0 Å². The van der Waals surface area contributed by atoms with Crippen molar-refractivity contribution in [2.45, 2.75) is 26.3 Å². The number of nitrogens with one attached hydrogen (secondary N) is 3.